The summed E-state index contributed by atoms with van der Waals surface area (Å²) in [7, 11) is 2.17. The van der Waals surface area contributed by atoms with Crippen LogP contribution in [0.5, 0.6) is 0 Å². The molecule has 0 radical (unpaired) electrons. The molecule has 1 aromatic carbocycles. The molecular weight excluding hydrogens is 274 g/mol. The topological polar surface area (TPSA) is 41.3 Å². The van der Waals surface area contributed by atoms with E-state index >= 15 is 0 Å². The molecule has 1 atom stereocenters. The highest BCUT2D eigenvalue weighted by molar-refractivity contribution is 5.81. The quantitative estimate of drug-likeness (QED) is 0.812. The second-order valence-corrected chi connectivity index (χ2v) is 6.29. The number of rotatable bonds is 0. The molecule has 1 N–H and O–H groups in total. The van der Waals surface area contributed by atoms with Gasteiger partial charge in [0.25, 0.3) is 0 Å². The number of imidazole rings is 1. The third-order valence-electron chi connectivity index (χ3n) is 4.84. The van der Waals surface area contributed by atoms with Gasteiger partial charge >= 0.3 is 0 Å². The van der Waals surface area contributed by atoms with Gasteiger partial charge in [0.15, 0.2) is 0 Å². The normalized spacial score (nSPS) is 22.2. The lowest BCUT2D eigenvalue weighted by molar-refractivity contribution is 0.157. The Morgan fingerprint density at radius 3 is 2.77 bits per heavy atom. The average Bonchev–Trinajstić information content (AvgIpc) is 2.93. The summed E-state index contributed by atoms with van der Waals surface area (Å²) < 4.78 is 2.09. The monoisotopic (exact) mass is 295 g/mol. The fourth-order valence-corrected chi connectivity index (χ4v) is 3.59. The second kappa shape index (κ2) is 5.38. The van der Waals surface area contributed by atoms with E-state index in [1.807, 2.05) is 24.5 Å². The molecule has 22 heavy (non-hydrogen) atoms. The first-order valence-electron chi connectivity index (χ1n) is 7.93. The molecular formula is C18H21N3O. The van der Waals surface area contributed by atoms with Gasteiger partial charge in [-0.15, -0.1) is 0 Å². The lowest BCUT2D eigenvalue weighted by Crippen LogP contribution is -2.27. The van der Waals surface area contributed by atoms with Crippen LogP contribution in [0.4, 0.5) is 0 Å². The molecule has 3 heterocycles. The van der Waals surface area contributed by atoms with Crippen molar-refractivity contribution in [2.75, 3.05) is 20.1 Å². The van der Waals surface area contributed by atoms with E-state index in [-0.39, 0.29) is 0 Å². The zero-order valence-electron chi connectivity index (χ0n) is 12.9. The Bertz CT molecular complexity index is 721. The van der Waals surface area contributed by atoms with Gasteiger partial charge in [-0.1, -0.05) is 29.8 Å². The lowest BCUT2D eigenvalue weighted by atomic mass is 9.89. The largest absolute Gasteiger partial charge is 0.387 e. The van der Waals surface area contributed by atoms with Gasteiger partial charge in [-0.3, -0.25) is 0 Å². The molecule has 4 nitrogen and oxygen atoms in total. The summed E-state index contributed by atoms with van der Waals surface area (Å²) >= 11 is 0. The van der Waals surface area contributed by atoms with Gasteiger partial charge < -0.3 is 14.6 Å². The summed E-state index contributed by atoms with van der Waals surface area (Å²) in [5.74, 6) is 1.00. The van der Waals surface area contributed by atoms with E-state index < -0.39 is 6.10 Å². The van der Waals surface area contributed by atoms with E-state index in [1.54, 1.807) is 0 Å². The number of benzene rings is 1. The third kappa shape index (κ3) is 2.19. The van der Waals surface area contributed by atoms with E-state index in [0.717, 1.165) is 42.9 Å². The molecule has 1 saturated heterocycles. The minimum absolute atomic E-state index is 0.478. The molecule has 0 saturated carbocycles. The Morgan fingerprint density at radius 1 is 1.18 bits per heavy atom. The molecule has 4 heteroatoms. The maximum Gasteiger partial charge on any atom is 0.140 e. The summed E-state index contributed by atoms with van der Waals surface area (Å²) in [6, 6.07) is 8.23. The van der Waals surface area contributed by atoms with Crippen molar-refractivity contribution in [1.82, 2.24) is 14.5 Å². The van der Waals surface area contributed by atoms with E-state index in [2.05, 4.69) is 33.6 Å². The summed E-state index contributed by atoms with van der Waals surface area (Å²) in [6.07, 6.45) is 5.48. The zero-order valence-corrected chi connectivity index (χ0v) is 12.9. The van der Waals surface area contributed by atoms with E-state index in [9.17, 15) is 5.11 Å². The number of aromatic nitrogens is 2. The predicted molar refractivity (Wildman–Crippen MR) is 86.4 cm³/mol. The number of aliphatic hydroxyl groups is 1. The van der Waals surface area contributed by atoms with Crippen molar-refractivity contribution in [3.63, 3.8) is 0 Å². The van der Waals surface area contributed by atoms with Crippen molar-refractivity contribution in [3.05, 3.63) is 59.2 Å². The van der Waals surface area contributed by atoms with Crippen LogP contribution in [0.2, 0.25) is 0 Å². The summed E-state index contributed by atoms with van der Waals surface area (Å²) in [4.78, 5) is 6.98. The van der Waals surface area contributed by atoms with Crippen molar-refractivity contribution in [2.45, 2.75) is 25.5 Å². The van der Waals surface area contributed by atoms with Crippen molar-refractivity contribution < 1.29 is 5.11 Å². The number of fused-ring (bicyclic) bond motifs is 2. The number of likely N-dealkylation sites (tertiary alicyclic amines) is 1. The van der Waals surface area contributed by atoms with E-state index in [0.29, 0.717) is 6.54 Å². The highest BCUT2D eigenvalue weighted by Crippen LogP contribution is 2.38. The number of aliphatic hydroxyl groups excluding tert-OH is 1. The maximum absolute atomic E-state index is 10.6. The van der Waals surface area contributed by atoms with Gasteiger partial charge in [-0.2, -0.15) is 0 Å². The first-order valence-corrected chi connectivity index (χ1v) is 7.93. The second-order valence-electron chi connectivity index (χ2n) is 6.29. The van der Waals surface area contributed by atoms with E-state index in [4.69, 9.17) is 0 Å². The fraction of sp³-hybridized carbons (Fsp3) is 0.389. The van der Waals surface area contributed by atoms with Crippen molar-refractivity contribution >= 4 is 5.57 Å². The number of hydrogen-bond donors (Lipinski definition) is 1. The van der Waals surface area contributed by atoms with Crippen LogP contribution < -0.4 is 0 Å². The standard InChI is InChI=1S/C18H21N3O/c1-20-9-6-13(7-10-20)17-15-5-3-2-4-14(15)16(22)12-21-11-8-19-18(17)21/h2-5,8,11,16,22H,6-7,9-10,12H2,1H3. The summed E-state index contributed by atoms with van der Waals surface area (Å²) in [5.41, 5.74) is 4.88. The van der Waals surface area contributed by atoms with Crippen LogP contribution >= 0.6 is 0 Å². The number of hydrogen-bond acceptors (Lipinski definition) is 3. The molecule has 2 aliphatic rings. The predicted octanol–water partition coefficient (Wildman–Crippen LogP) is 2.46. The van der Waals surface area contributed by atoms with Crippen LogP contribution in [0.3, 0.4) is 0 Å². The van der Waals surface area contributed by atoms with E-state index in [1.165, 1.54) is 11.1 Å². The maximum atomic E-state index is 10.6. The molecule has 2 aromatic rings. The van der Waals surface area contributed by atoms with Crippen LogP contribution in [0.1, 0.15) is 35.9 Å². The first kappa shape index (κ1) is 13.7. The zero-order chi connectivity index (χ0) is 15.1. The Labute approximate surface area is 130 Å². The first-order chi connectivity index (χ1) is 10.7. The highest BCUT2D eigenvalue weighted by atomic mass is 16.3. The molecule has 1 aromatic heterocycles. The molecule has 1 fully saturated rings. The molecule has 2 aliphatic heterocycles. The van der Waals surface area contributed by atoms with Crippen molar-refractivity contribution in [3.8, 4) is 0 Å². The highest BCUT2D eigenvalue weighted by Gasteiger charge is 2.27. The Kier molecular flexibility index (Phi) is 3.36. The van der Waals surface area contributed by atoms with Gasteiger partial charge in [0.2, 0.25) is 0 Å². The number of nitrogens with zero attached hydrogens (tertiary/aromatic N) is 3. The average molecular weight is 295 g/mol. The van der Waals surface area contributed by atoms with Gasteiger partial charge in [0.05, 0.1) is 12.6 Å². The number of piperidine rings is 1. The van der Waals surface area contributed by atoms with Gasteiger partial charge in [-0.05, 0) is 31.0 Å². The third-order valence-corrected chi connectivity index (χ3v) is 4.84. The molecule has 0 bridgehead atoms. The Balaban J connectivity index is 1.94. The van der Waals surface area contributed by atoms with Gasteiger partial charge in [0, 0.05) is 31.1 Å². The van der Waals surface area contributed by atoms with Gasteiger partial charge in [0.1, 0.15) is 5.82 Å². The van der Waals surface area contributed by atoms with Crippen LogP contribution in [-0.2, 0) is 6.54 Å². The Morgan fingerprint density at radius 2 is 1.95 bits per heavy atom. The SMILES string of the molecule is CN1CCC(=C2c3ccccc3C(O)Cn3ccnc32)CC1. The Hall–Kier alpha value is -1.91. The lowest BCUT2D eigenvalue weighted by Gasteiger charge is -2.26. The molecule has 0 spiro atoms. The molecule has 1 unspecified atom stereocenters. The van der Waals surface area contributed by atoms with Crippen LogP contribution in [0, 0.1) is 0 Å². The molecule has 0 amide bonds. The van der Waals surface area contributed by atoms with Crippen molar-refractivity contribution in [2.24, 2.45) is 0 Å². The fourth-order valence-electron chi connectivity index (χ4n) is 3.59. The minimum atomic E-state index is -0.478. The van der Waals surface area contributed by atoms with Gasteiger partial charge in [-0.25, -0.2) is 4.98 Å². The smallest absolute Gasteiger partial charge is 0.140 e. The van der Waals surface area contributed by atoms with Crippen LogP contribution in [-0.4, -0.2) is 39.7 Å². The summed E-state index contributed by atoms with van der Waals surface area (Å²) in [6.45, 7) is 2.75. The van der Waals surface area contributed by atoms with Crippen LogP contribution in [0.15, 0.2) is 42.2 Å². The van der Waals surface area contributed by atoms with Crippen LogP contribution in [0.25, 0.3) is 5.57 Å². The summed E-state index contributed by atoms with van der Waals surface area (Å²) in [5, 5.41) is 10.6. The minimum Gasteiger partial charge on any atom is -0.387 e. The molecule has 114 valence electrons. The van der Waals surface area contributed by atoms with Crippen molar-refractivity contribution in [1.29, 1.82) is 0 Å². The molecule has 4 rings (SSSR count). The molecule has 0 aliphatic carbocycles.